The zero-order valence-corrected chi connectivity index (χ0v) is 9.74. The van der Waals surface area contributed by atoms with E-state index in [-0.39, 0.29) is 11.9 Å². The van der Waals surface area contributed by atoms with Crippen molar-refractivity contribution in [3.8, 4) is 0 Å². The molecule has 3 heteroatoms. The lowest BCUT2D eigenvalue weighted by atomic mass is 9.92. The molecular formula is C12H11BrO2. The Hall–Kier alpha value is -1.09. The second-order valence-electron chi connectivity index (χ2n) is 3.50. The molecule has 1 aromatic rings. The van der Waals surface area contributed by atoms with Crippen LogP contribution in [0.15, 0.2) is 41.1 Å². The molecule has 2 nitrogen and oxygen atoms in total. The molecule has 1 heterocycles. The summed E-state index contributed by atoms with van der Waals surface area (Å²) in [6, 6.07) is 9.77. The minimum atomic E-state index is -0.154. The highest BCUT2D eigenvalue weighted by Crippen LogP contribution is 2.31. The van der Waals surface area contributed by atoms with Crippen LogP contribution in [0.1, 0.15) is 24.3 Å². The van der Waals surface area contributed by atoms with Crippen LogP contribution in [0, 0.1) is 0 Å². The Bertz CT molecular complexity index is 384. The minimum absolute atomic E-state index is 0.109. The van der Waals surface area contributed by atoms with Gasteiger partial charge >= 0.3 is 5.97 Å². The van der Waals surface area contributed by atoms with Gasteiger partial charge in [0.25, 0.3) is 0 Å². The van der Waals surface area contributed by atoms with Crippen LogP contribution < -0.4 is 0 Å². The average molecular weight is 267 g/mol. The maximum absolute atomic E-state index is 11.7. The number of esters is 1. The van der Waals surface area contributed by atoms with Gasteiger partial charge in [-0.15, -0.1) is 0 Å². The third-order valence-corrected chi connectivity index (χ3v) is 3.03. The van der Waals surface area contributed by atoms with Crippen LogP contribution in [0.4, 0.5) is 0 Å². The Balaban J connectivity index is 2.17. The number of cyclic esters (lactones) is 1. The van der Waals surface area contributed by atoms with Crippen molar-refractivity contribution in [2.45, 2.75) is 18.8 Å². The smallest absolute Gasteiger partial charge is 0.318 e. The summed E-state index contributed by atoms with van der Waals surface area (Å²) in [6.45, 7) is 0. The van der Waals surface area contributed by atoms with Crippen molar-refractivity contribution in [1.29, 1.82) is 0 Å². The van der Waals surface area contributed by atoms with E-state index in [0.29, 0.717) is 5.76 Å². The Labute approximate surface area is 97.1 Å². The van der Waals surface area contributed by atoms with Gasteiger partial charge < -0.3 is 4.74 Å². The number of halogens is 1. The van der Waals surface area contributed by atoms with E-state index in [9.17, 15) is 4.79 Å². The van der Waals surface area contributed by atoms with Crippen molar-refractivity contribution in [3.05, 3.63) is 46.6 Å². The van der Waals surface area contributed by atoms with Gasteiger partial charge in [0.1, 0.15) is 5.76 Å². The molecular weight excluding hydrogens is 256 g/mol. The standard InChI is InChI=1S/C12H11BrO2/c13-8-10-6-7-11(12(14)15-10)9-4-2-1-3-5-9/h1-5,8,11H,6-7H2/b10-8-. The topological polar surface area (TPSA) is 26.3 Å². The van der Waals surface area contributed by atoms with Crippen molar-refractivity contribution < 1.29 is 9.53 Å². The summed E-state index contributed by atoms with van der Waals surface area (Å²) in [4.78, 5) is 13.4. The predicted molar refractivity (Wildman–Crippen MR) is 61.5 cm³/mol. The van der Waals surface area contributed by atoms with Crippen LogP contribution in [0.3, 0.4) is 0 Å². The van der Waals surface area contributed by atoms with Gasteiger partial charge in [0.15, 0.2) is 0 Å². The zero-order chi connectivity index (χ0) is 10.7. The molecule has 0 bridgehead atoms. The van der Waals surface area contributed by atoms with Crippen LogP contribution in [0.2, 0.25) is 0 Å². The van der Waals surface area contributed by atoms with Gasteiger partial charge in [-0.1, -0.05) is 46.3 Å². The molecule has 1 unspecified atom stereocenters. The van der Waals surface area contributed by atoms with Gasteiger partial charge in [-0.3, -0.25) is 4.79 Å². The van der Waals surface area contributed by atoms with E-state index in [2.05, 4.69) is 15.9 Å². The molecule has 0 saturated carbocycles. The molecule has 0 spiro atoms. The van der Waals surface area contributed by atoms with Crippen LogP contribution in [0.5, 0.6) is 0 Å². The fourth-order valence-corrected chi connectivity index (χ4v) is 2.04. The largest absolute Gasteiger partial charge is 0.430 e. The molecule has 78 valence electrons. The normalized spacial score (nSPS) is 23.9. The van der Waals surface area contributed by atoms with Gasteiger partial charge in [0.2, 0.25) is 0 Å². The van der Waals surface area contributed by atoms with E-state index in [1.807, 2.05) is 30.3 Å². The average Bonchev–Trinajstić information content (AvgIpc) is 2.30. The summed E-state index contributed by atoms with van der Waals surface area (Å²) in [5.74, 6) is 0.452. The number of carbonyl (C=O) groups is 1. The molecule has 15 heavy (non-hydrogen) atoms. The molecule has 1 atom stereocenters. The lowest BCUT2D eigenvalue weighted by Gasteiger charge is -2.22. The third-order valence-electron chi connectivity index (χ3n) is 2.52. The minimum Gasteiger partial charge on any atom is -0.430 e. The number of rotatable bonds is 1. The summed E-state index contributed by atoms with van der Waals surface area (Å²) in [6.07, 6.45) is 1.62. The van der Waals surface area contributed by atoms with Crippen LogP contribution in [-0.2, 0) is 9.53 Å². The number of ether oxygens (including phenoxy) is 1. The number of hydrogen-bond acceptors (Lipinski definition) is 2. The molecule has 0 radical (unpaired) electrons. The highest BCUT2D eigenvalue weighted by Gasteiger charge is 2.27. The molecule has 1 aromatic carbocycles. The summed E-state index contributed by atoms with van der Waals surface area (Å²) >= 11 is 3.18. The lowest BCUT2D eigenvalue weighted by molar-refractivity contribution is -0.143. The first-order valence-electron chi connectivity index (χ1n) is 4.87. The fourth-order valence-electron chi connectivity index (χ4n) is 1.72. The van der Waals surface area contributed by atoms with Crippen LogP contribution in [0.25, 0.3) is 0 Å². The van der Waals surface area contributed by atoms with E-state index in [4.69, 9.17) is 4.74 Å². The number of hydrogen-bond donors (Lipinski definition) is 0. The predicted octanol–water partition coefficient (Wildman–Crippen LogP) is 3.34. The van der Waals surface area contributed by atoms with E-state index in [0.717, 1.165) is 18.4 Å². The number of benzene rings is 1. The third kappa shape index (κ3) is 2.29. The molecule has 1 aliphatic rings. The second kappa shape index (κ2) is 4.62. The molecule has 0 aliphatic carbocycles. The fraction of sp³-hybridized carbons (Fsp3) is 0.250. The zero-order valence-electron chi connectivity index (χ0n) is 8.15. The maximum atomic E-state index is 11.7. The summed E-state index contributed by atoms with van der Waals surface area (Å²) in [5, 5.41) is 0. The van der Waals surface area contributed by atoms with Gasteiger partial charge in [0, 0.05) is 11.4 Å². The van der Waals surface area contributed by atoms with Crippen molar-refractivity contribution in [3.63, 3.8) is 0 Å². The molecule has 0 amide bonds. The molecule has 2 rings (SSSR count). The Morgan fingerprint density at radius 3 is 2.67 bits per heavy atom. The van der Waals surface area contributed by atoms with E-state index >= 15 is 0 Å². The van der Waals surface area contributed by atoms with Crippen LogP contribution in [-0.4, -0.2) is 5.97 Å². The number of allylic oxidation sites excluding steroid dienone is 1. The summed E-state index contributed by atoms with van der Waals surface area (Å²) in [7, 11) is 0. The molecule has 1 aliphatic heterocycles. The van der Waals surface area contributed by atoms with Crippen molar-refractivity contribution in [1.82, 2.24) is 0 Å². The highest BCUT2D eigenvalue weighted by atomic mass is 79.9. The molecule has 1 fully saturated rings. The van der Waals surface area contributed by atoms with E-state index in [1.165, 1.54) is 0 Å². The Morgan fingerprint density at radius 2 is 2.07 bits per heavy atom. The Kier molecular flexibility index (Phi) is 3.21. The second-order valence-corrected chi connectivity index (χ2v) is 3.96. The highest BCUT2D eigenvalue weighted by molar-refractivity contribution is 9.11. The van der Waals surface area contributed by atoms with E-state index < -0.39 is 0 Å². The monoisotopic (exact) mass is 266 g/mol. The van der Waals surface area contributed by atoms with Gasteiger partial charge in [-0.05, 0) is 12.0 Å². The van der Waals surface area contributed by atoms with E-state index in [1.54, 1.807) is 4.99 Å². The van der Waals surface area contributed by atoms with Gasteiger partial charge in [-0.25, -0.2) is 0 Å². The first-order chi connectivity index (χ1) is 7.31. The summed E-state index contributed by atoms with van der Waals surface area (Å²) in [5.41, 5.74) is 1.04. The molecule has 1 saturated heterocycles. The van der Waals surface area contributed by atoms with Gasteiger partial charge in [0.05, 0.1) is 5.92 Å². The number of carbonyl (C=O) groups excluding carboxylic acids is 1. The first-order valence-corrected chi connectivity index (χ1v) is 5.78. The molecule has 0 N–H and O–H groups in total. The van der Waals surface area contributed by atoms with Crippen molar-refractivity contribution in [2.75, 3.05) is 0 Å². The quantitative estimate of drug-likeness (QED) is 0.729. The first kappa shape index (κ1) is 10.4. The Morgan fingerprint density at radius 1 is 1.33 bits per heavy atom. The van der Waals surface area contributed by atoms with Crippen LogP contribution >= 0.6 is 15.9 Å². The van der Waals surface area contributed by atoms with Gasteiger partial charge in [-0.2, -0.15) is 0 Å². The van der Waals surface area contributed by atoms with Crippen molar-refractivity contribution in [2.24, 2.45) is 0 Å². The maximum Gasteiger partial charge on any atom is 0.318 e. The SMILES string of the molecule is O=C1O/C(=C\Br)CCC1c1ccccc1. The molecule has 0 aromatic heterocycles. The lowest BCUT2D eigenvalue weighted by Crippen LogP contribution is -2.20. The summed E-state index contributed by atoms with van der Waals surface area (Å²) < 4.78 is 5.18. The van der Waals surface area contributed by atoms with Crippen molar-refractivity contribution >= 4 is 21.9 Å².